The Hall–Kier alpha value is -2.24. The SMILES string of the molecule is CN=C(NCCOc1cccnc1)NCc1ccc(C)cc1OCC(F)(F)F.I. The molecule has 0 saturated carbocycles. The predicted molar refractivity (Wildman–Crippen MR) is 116 cm³/mol. The maximum absolute atomic E-state index is 12.5. The molecule has 0 saturated heterocycles. The number of nitrogens with one attached hydrogen (secondary N) is 2. The van der Waals surface area contributed by atoms with Gasteiger partial charge in [-0.1, -0.05) is 12.1 Å². The number of ether oxygens (including phenoxy) is 2. The number of alkyl halides is 3. The topological polar surface area (TPSA) is 67.8 Å². The van der Waals surface area contributed by atoms with Crippen molar-refractivity contribution in [3.05, 3.63) is 53.9 Å². The van der Waals surface area contributed by atoms with Gasteiger partial charge in [0.05, 0.1) is 12.7 Å². The second-order valence-electron chi connectivity index (χ2n) is 5.90. The molecule has 6 nitrogen and oxygen atoms in total. The zero-order chi connectivity index (χ0) is 20.4. The zero-order valence-electron chi connectivity index (χ0n) is 16.1. The Balaban J connectivity index is 0.00000420. The van der Waals surface area contributed by atoms with E-state index >= 15 is 0 Å². The summed E-state index contributed by atoms with van der Waals surface area (Å²) in [5, 5.41) is 6.12. The molecule has 0 aliphatic carbocycles. The molecule has 0 amide bonds. The number of rotatable bonds is 8. The molecule has 0 aliphatic rings. The summed E-state index contributed by atoms with van der Waals surface area (Å²) in [6.07, 6.45) is -1.11. The minimum Gasteiger partial charge on any atom is -0.490 e. The summed E-state index contributed by atoms with van der Waals surface area (Å²) in [4.78, 5) is 8.04. The number of aryl methyl sites for hydroxylation is 1. The van der Waals surface area contributed by atoms with Crippen molar-refractivity contribution in [1.29, 1.82) is 0 Å². The fourth-order valence-corrected chi connectivity index (χ4v) is 2.27. The van der Waals surface area contributed by atoms with Crippen LogP contribution in [0.1, 0.15) is 11.1 Å². The van der Waals surface area contributed by atoms with Crippen molar-refractivity contribution in [2.24, 2.45) is 4.99 Å². The van der Waals surface area contributed by atoms with Crippen LogP contribution in [0, 0.1) is 6.92 Å². The van der Waals surface area contributed by atoms with E-state index in [1.54, 1.807) is 50.6 Å². The van der Waals surface area contributed by atoms with Crippen LogP contribution < -0.4 is 20.1 Å². The van der Waals surface area contributed by atoms with Crippen LogP contribution in [0.4, 0.5) is 13.2 Å². The van der Waals surface area contributed by atoms with Gasteiger partial charge in [0, 0.05) is 25.4 Å². The minimum atomic E-state index is -4.39. The average Bonchev–Trinajstić information content (AvgIpc) is 2.67. The van der Waals surface area contributed by atoms with E-state index in [9.17, 15) is 13.2 Å². The van der Waals surface area contributed by atoms with Crippen LogP contribution in [0.2, 0.25) is 0 Å². The Morgan fingerprint density at radius 3 is 2.62 bits per heavy atom. The Bertz CT molecular complexity index is 774. The monoisotopic (exact) mass is 524 g/mol. The fourth-order valence-electron chi connectivity index (χ4n) is 2.27. The standard InChI is InChI=1S/C19H23F3N4O2.HI/c1-14-5-6-15(17(10-14)28-13-19(20,21)22)11-26-18(23-2)25-8-9-27-16-4-3-7-24-12-16;/h3-7,10,12H,8-9,11,13H2,1-2H3,(H2,23,25,26);1H. The summed E-state index contributed by atoms with van der Waals surface area (Å²) in [6, 6.07) is 8.71. The van der Waals surface area contributed by atoms with Crippen molar-refractivity contribution in [2.45, 2.75) is 19.6 Å². The number of benzene rings is 1. The molecule has 1 aromatic carbocycles. The largest absolute Gasteiger partial charge is 0.490 e. The van der Waals surface area contributed by atoms with Crippen LogP contribution in [0.25, 0.3) is 0 Å². The van der Waals surface area contributed by atoms with Crippen molar-refractivity contribution in [2.75, 3.05) is 26.8 Å². The van der Waals surface area contributed by atoms with Crippen molar-refractivity contribution in [3.8, 4) is 11.5 Å². The highest BCUT2D eigenvalue weighted by Gasteiger charge is 2.28. The lowest BCUT2D eigenvalue weighted by Gasteiger charge is -2.16. The lowest BCUT2D eigenvalue weighted by molar-refractivity contribution is -0.153. The Morgan fingerprint density at radius 2 is 1.97 bits per heavy atom. The molecule has 0 unspecified atom stereocenters. The van der Waals surface area contributed by atoms with Gasteiger partial charge in [-0.15, -0.1) is 24.0 Å². The number of aliphatic imine (C=N–C) groups is 1. The molecule has 2 rings (SSSR count). The Labute approximate surface area is 184 Å². The van der Waals surface area contributed by atoms with E-state index in [2.05, 4.69) is 20.6 Å². The molecular weight excluding hydrogens is 500 g/mol. The first-order chi connectivity index (χ1) is 13.4. The van der Waals surface area contributed by atoms with Gasteiger partial charge in [-0.25, -0.2) is 0 Å². The summed E-state index contributed by atoms with van der Waals surface area (Å²) in [6.45, 7) is 1.61. The second-order valence-corrected chi connectivity index (χ2v) is 5.90. The second kappa shape index (κ2) is 12.3. The van der Waals surface area contributed by atoms with E-state index in [-0.39, 0.29) is 36.3 Å². The van der Waals surface area contributed by atoms with Crippen LogP contribution in [0.5, 0.6) is 11.5 Å². The zero-order valence-corrected chi connectivity index (χ0v) is 18.5. The molecular formula is C19H24F3IN4O2. The lowest BCUT2D eigenvalue weighted by Crippen LogP contribution is -2.39. The first-order valence-corrected chi connectivity index (χ1v) is 8.64. The molecule has 2 aromatic rings. The molecule has 2 N–H and O–H groups in total. The number of halogens is 4. The number of hydrogen-bond donors (Lipinski definition) is 2. The van der Waals surface area contributed by atoms with Crippen LogP contribution in [0.3, 0.4) is 0 Å². The summed E-state index contributed by atoms with van der Waals surface area (Å²) in [5.41, 5.74) is 1.42. The number of nitrogens with zero attached hydrogens (tertiary/aromatic N) is 2. The van der Waals surface area contributed by atoms with E-state index in [1.165, 1.54) is 0 Å². The summed E-state index contributed by atoms with van der Waals surface area (Å²) in [5.74, 6) is 1.36. The summed E-state index contributed by atoms with van der Waals surface area (Å²) < 4.78 is 47.8. The van der Waals surface area contributed by atoms with Crippen LogP contribution in [-0.2, 0) is 6.54 Å². The first kappa shape index (κ1) is 24.8. The van der Waals surface area contributed by atoms with Gasteiger partial charge in [-0.3, -0.25) is 9.98 Å². The smallest absolute Gasteiger partial charge is 0.422 e. The molecule has 160 valence electrons. The van der Waals surface area contributed by atoms with E-state index in [0.717, 1.165) is 5.56 Å². The molecule has 0 atom stereocenters. The van der Waals surface area contributed by atoms with Gasteiger partial charge in [0.25, 0.3) is 0 Å². The van der Waals surface area contributed by atoms with Crippen molar-refractivity contribution < 1.29 is 22.6 Å². The highest BCUT2D eigenvalue weighted by atomic mass is 127. The van der Waals surface area contributed by atoms with Crippen LogP contribution in [-0.4, -0.2) is 43.9 Å². The fraction of sp³-hybridized carbons (Fsp3) is 0.368. The van der Waals surface area contributed by atoms with Gasteiger partial charge in [0.15, 0.2) is 12.6 Å². The highest BCUT2D eigenvalue weighted by molar-refractivity contribution is 14.0. The number of aromatic nitrogens is 1. The molecule has 0 spiro atoms. The van der Waals surface area contributed by atoms with Crippen LogP contribution >= 0.6 is 24.0 Å². The normalized spacial score (nSPS) is 11.4. The van der Waals surface area contributed by atoms with E-state index in [1.807, 2.05) is 6.07 Å². The summed E-state index contributed by atoms with van der Waals surface area (Å²) in [7, 11) is 1.60. The number of hydrogen-bond acceptors (Lipinski definition) is 4. The third kappa shape index (κ3) is 9.68. The molecule has 29 heavy (non-hydrogen) atoms. The molecule has 1 heterocycles. The van der Waals surface area contributed by atoms with Crippen LogP contribution in [0.15, 0.2) is 47.7 Å². The van der Waals surface area contributed by atoms with Crippen molar-refractivity contribution in [1.82, 2.24) is 15.6 Å². The van der Waals surface area contributed by atoms with Gasteiger partial charge >= 0.3 is 6.18 Å². The van der Waals surface area contributed by atoms with Gasteiger partial charge in [-0.05, 0) is 30.7 Å². The average molecular weight is 524 g/mol. The molecule has 0 fully saturated rings. The predicted octanol–water partition coefficient (Wildman–Crippen LogP) is 3.69. The van der Waals surface area contributed by atoms with E-state index in [4.69, 9.17) is 9.47 Å². The van der Waals surface area contributed by atoms with Crippen molar-refractivity contribution >= 4 is 29.9 Å². The highest BCUT2D eigenvalue weighted by Crippen LogP contribution is 2.23. The van der Waals surface area contributed by atoms with Crippen molar-refractivity contribution in [3.63, 3.8) is 0 Å². The van der Waals surface area contributed by atoms with Gasteiger partial charge in [0.1, 0.15) is 18.1 Å². The van der Waals surface area contributed by atoms with E-state index < -0.39 is 12.8 Å². The van der Waals surface area contributed by atoms with E-state index in [0.29, 0.717) is 30.4 Å². The maximum Gasteiger partial charge on any atom is 0.422 e. The molecule has 0 bridgehead atoms. The Morgan fingerprint density at radius 1 is 1.17 bits per heavy atom. The van der Waals surface area contributed by atoms with Gasteiger partial charge < -0.3 is 20.1 Å². The Kier molecular flexibility index (Phi) is 10.6. The van der Waals surface area contributed by atoms with Gasteiger partial charge in [-0.2, -0.15) is 13.2 Å². The lowest BCUT2D eigenvalue weighted by atomic mass is 10.1. The third-order valence-electron chi connectivity index (χ3n) is 3.58. The maximum atomic E-state index is 12.5. The summed E-state index contributed by atoms with van der Waals surface area (Å²) >= 11 is 0. The first-order valence-electron chi connectivity index (χ1n) is 8.64. The quantitative estimate of drug-likeness (QED) is 0.239. The third-order valence-corrected chi connectivity index (χ3v) is 3.58. The minimum absolute atomic E-state index is 0. The molecule has 0 radical (unpaired) electrons. The number of guanidine groups is 1. The molecule has 10 heteroatoms. The molecule has 0 aliphatic heterocycles. The van der Waals surface area contributed by atoms with Gasteiger partial charge in [0.2, 0.25) is 0 Å². The number of pyridine rings is 1. The molecule has 1 aromatic heterocycles.